The quantitative estimate of drug-likeness (QED) is 0.901. The lowest BCUT2D eigenvalue weighted by molar-refractivity contribution is 0.0298. The molecule has 0 aliphatic carbocycles. The van der Waals surface area contributed by atoms with E-state index in [2.05, 4.69) is 0 Å². The number of rotatable bonds is 4. The maximum atomic E-state index is 11.3. The summed E-state index contributed by atoms with van der Waals surface area (Å²) < 4.78 is 0. The zero-order valence-electron chi connectivity index (χ0n) is 11.7. The molecule has 0 saturated heterocycles. The molecule has 2 aromatic carbocycles. The van der Waals surface area contributed by atoms with Crippen molar-refractivity contribution in [3.63, 3.8) is 0 Å². The van der Waals surface area contributed by atoms with Crippen LogP contribution in [0.15, 0.2) is 48.5 Å². The number of aliphatic hydroxyl groups excluding tert-OH is 1. The molecule has 0 amide bonds. The first-order chi connectivity index (χ1) is 9.50. The van der Waals surface area contributed by atoms with E-state index in [1.807, 2.05) is 50.2 Å². The van der Waals surface area contributed by atoms with E-state index in [9.17, 15) is 10.2 Å². The van der Waals surface area contributed by atoms with Crippen LogP contribution in [0.4, 0.5) is 0 Å². The maximum absolute atomic E-state index is 11.3. The molecule has 2 nitrogen and oxygen atoms in total. The summed E-state index contributed by atoms with van der Waals surface area (Å²) in [7, 11) is 0. The van der Waals surface area contributed by atoms with E-state index < -0.39 is 5.60 Å². The van der Waals surface area contributed by atoms with Crippen molar-refractivity contribution in [2.45, 2.75) is 26.1 Å². The minimum absolute atomic E-state index is 0.0450. The number of halogens is 1. The lowest BCUT2D eigenvalue weighted by atomic mass is 9.76. The highest BCUT2D eigenvalue weighted by Gasteiger charge is 2.36. The van der Waals surface area contributed by atoms with Crippen LogP contribution in [0.3, 0.4) is 0 Å². The fourth-order valence-corrected chi connectivity index (χ4v) is 2.66. The summed E-state index contributed by atoms with van der Waals surface area (Å²) in [5.74, 6) is -0.0450. The van der Waals surface area contributed by atoms with Gasteiger partial charge in [-0.3, -0.25) is 0 Å². The molecule has 106 valence electrons. The largest absolute Gasteiger partial charge is 0.392 e. The minimum Gasteiger partial charge on any atom is -0.392 e. The van der Waals surface area contributed by atoms with Crippen molar-refractivity contribution in [3.8, 4) is 0 Å². The van der Waals surface area contributed by atoms with Gasteiger partial charge in [-0.05, 0) is 34.7 Å². The van der Waals surface area contributed by atoms with Crippen molar-refractivity contribution in [3.05, 3.63) is 70.2 Å². The minimum atomic E-state index is -1.15. The summed E-state index contributed by atoms with van der Waals surface area (Å²) in [4.78, 5) is 0. The monoisotopic (exact) mass is 290 g/mol. The van der Waals surface area contributed by atoms with Crippen LogP contribution < -0.4 is 0 Å². The van der Waals surface area contributed by atoms with Gasteiger partial charge in [-0.2, -0.15) is 0 Å². The Kier molecular flexibility index (Phi) is 4.48. The molecular formula is C17H19ClO2. The molecule has 0 bridgehead atoms. The molecule has 0 heterocycles. The summed E-state index contributed by atoms with van der Waals surface area (Å²) in [6.07, 6.45) is 0. The summed E-state index contributed by atoms with van der Waals surface area (Å²) in [6.45, 7) is 3.82. The van der Waals surface area contributed by atoms with Crippen LogP contribution in [-0.4, -0.2) is 10.2 Å². The number of aliphatic hydroxyl groups is 2. The maximum Gasteiger partial charge on any atom is 0.117 e. The van der Waals surface area contributed by atoms with Gasteiger partial charge in [-0.25, -0.2) is 0 Å². The van der Waals surface area contributed by atoms with E-state index in [0.29, 0.717) is 5.02 Å². The molecule has 0 saturated carbocycles. The molecule has 0 aliphatic rings. The molecule has 1 atom stereocenters. The molecule has 1 unspecified atom stereocenters. The van der Waals surface area contributed by atoms with Crippen LogP contribution in [0.5, 0.6) is 0 Å². The average Bonchev–Trinajstić information content (AvgIpc) is 2.47. The summed E-state index contributed by atoms with van der Waals surface area (Å²) in [5, 5.41) is 21.4. The zero-order chi connectivity index (χ0) is 14.8. The first-order valence-corrected chi connectivity index (χ1v) is 7.05. The van der Waals surface area contributed by atoms with Crippen molar-refractivity contribution in [1.82, 2.24) is 0 Å². The van der Waals surface area contributed by atoms with Gasteiger partial charge >= 0.3 is 0 Å². The number of hydrogen-bond donors (Lipinski definition) is 2. The Bertz CT molecular complexity index is 578. The lowest BCUT2D eigenvalue weighted by Crippen LogP contribution is -2.34. The van der Waals surface area contributed by atoms with Crippen molar-refractivity contribution in [2.24, 2.45) is 5.92 Å². The molecular weight excluding hydrogens is 272 g/mol. The summed E-state index contributed by atoms with van der Waals surface area (Å²) in [6, 6.07) is 14.6. The van der Waals surface area contributed by atoms with E-state index >= 15 is 0 Å². The molecule has 0 aromatic heterocycles. The highest BCUT2D eigenvalue weighted by molar-refractivity contribution is 6.30. The Morgan fingerprint density at radius 1 is 1.05 bits per heavy atom. The van der Waals surface area contributed by atoms with Gasteiger partial charge in [0.25, 0.3) is 0 Å². The number of benzene rings is 2. The highest BCUT2D eigenvalue weighted by atomic mass is 35.5. The standard InChI is InChI=1S/C17H19ClO2/c1-12(2)17(20,14-7-9-15(18)10-8-14)16-6-4-3-5-13(16)11-19/h3-10,12,19-20H,11H2,1-2H3. The molecule has 0 spiro atoms. The lowest BCUT2D eigenvalue weighted by Gasteiger charge is -2.35. The normalized spacial score (nSPS) is 14.3. The van der Waals surface area contributed by atoms with Gasteiger partial charge in [0, 0.05) is 5.02 Å². The van der Waals surface area contributed by atoms with Gasteiger partial charge in [0.1, 0.15) is 5.60 Å². The second-order valence-electron chi connectivity index (χ2n) is 5.24. The molecule has 0 radical (unpaired) electrons. The first kappa shape index (κ1) is 15.0. The Balaban J connectivity index is 2.63. The predicted molar refractivity (Wildman–Crippen MR) is 81.7 cm³/mol. The smallest absolute Gasteiger partial charge is 0.117 e. The van der Waals surface area contributed by atoms with Gasteiger partial charge in [-0.15, -0.1) is 0 Å². The van der Waals surface area contributed by atoms with E-state index in [1.165, 1.54) is 0 Å². The van der Waals surface area contributed by atoms with Gasteiger partial charge < -0.3 is 10.2 Å². The molecule has 20 heavy (non-hydrogen) atoms. The Morgan fingerprint density at radius 3 is 2.20 bits per heavy atom. The third-order valence-corrected chi connectivity index (χ3v) is 3.97. The number of hydrogen-bond acceptors (Lipinski definition) is 2. The third-order valence-electron chi connectivity index (χ3n) is 3.72. The Morgan fingerprint density at radius 2 is 1.65 bits per heavy atom. The van der Waals surface area contributed by atoms with Gasteiger partial charge in [0.15, 0.2) is 0 Å². The van der Waals surface area contributed by atoms with Crippen LogP contribution in [0.2, 0.25) is 5.02 Å². The fraction of sp³-hybridized carbons (Fsp3) is 0.294. The van der Waals surface area contributed by atoms with Gasteiger partial charge in [0.2, 0.25) is 0 Å². The van der Waals surface area contributed by atoms with Crippen LogP contribution >= 0.6 is 11.6 Å². The molecule has 2 rings (SSSR count). The Hall–Kier alpha value is -1.35. The van der Waals surface area contributed by atoms with Gasteiger partial charge in [-0.1, -0.05) is 61.8 Å². The zero-order valence-corrected chi connectivity index (χ0v) is 12.4. The molecule has 2 N–H and O–H groups in total. The van der Waals surface area contributed by atoms with Crippen LogP contribution in [0.25, 0.3) is 0 Å². The fourth-order valence-electron chi connectivity index (χ4n) is 2.53. The van der Waals surface area contributed by atoms with E-state index in [1.54, 1.807) is 12.1 Å². The molecule has 0 aliphatic heterocycles. The van der Waals surface area contributed by atoms with Crippen molar-refractivity contribution in [1.29, 1.82) is 0 Å². The first-order valence-electron chi connectivity index (χ1n) is 6.67. The van der Waals surface area contributed by atoms with E-state index in [0.717, 1.165) is 16.7 Å². The van der Waals surface area contributed by atoms with Crippen molar-refractivity contribution in [2.75, 3.05) is 0 Å². The second kappa shape index (κ2) is 5.96. The van der Waals surface area contributed by atoms with Crippen molar-refractivity contribution < 1.29 is 10.2 Å². The Labute approximate surface area is 124 Å². The van der Waals surface area contributed by atoms with Crippen LogP contribution in [-0.2, 0) is 12.2 Å². The van der Waals surface area contributed by atoms with Crippen molar-refractivity contribution >= 4 is 11.6 Å². The molecule has 0 fully saturated rings. The summed E-state index contributed by atoms with van der Waals surface area (Å²) >= 11 is 5.92. The SMILES string of the molecule is CC(C)C(O)(c1ccc(Cl)cc1)c1ccccc1CO. The van der Waals surface area contributed by atoms with E-state index in [-0.39, 0.29) is 12.5 Å². The molecule has 2 aromatic rings. The second-order valence-corrected chi connectivity index (χ2v) is 5.68. The summed E-state index contributed by atoms with van der Waals surface area (Å²) in [5.41, 5.74) is 1.10. The predicted octanol–water partition coefficient (Wildman–Crippen LogP) is 3.72. The highest BCUT2D eigenvalue weighted by Crippen LogP contribution is 2.38. The van der Waals surface area contributed by atoms with Gasteiger partial charge in [0.05, 0.1) is 6.61 Å². The topological polar surface area (TPSA) is 40.5 Å². The van der Waals surface area contributed by atoms with Crippen LogP contribution in [0.1, 0.15) is 30.5 Å². The third kappa shape index (κ3) is 2.59. The molecule has 3 heteroatoms. The van der Waals surface area contributed by atoms with E-state index in [4.69, 9.17) is 11.6 Å². The van der Waals surface area contributed by atoms with Crippen LogP contribution in [0, 0.1) is 5.92 Å². The average molecular weight is 291 g/mol.